The van der Waals surface area contributed by atoms with E-state index < -0.39 is 34.6 Å². The Kier molecular flexibility index (Phi) is 6.20. The number of aromatic hydroxyl groups is 2. The van der Waals surface area contributed by atoms with Crippen LogP contribution in [0.5, 0.6) is 11.5 Å². The average Bonchev–Trinajstić information content (AvgIpc) is 2.75. The van der Waals surface area contributed by atoms with Gasteiger partial charge in [-0.2, -0.15) is 0 Å². The molecule has 0 saturated carbocycles. The molecule has 0 spiro atoms. The number of phenols is 2. The van der Waals surface area contributed by atoms with Gasteiger partial charge in [0.25, 0.3) is 0 Å². The number of halogens is 2. The van der Waals surface area contributed by atoms with Crippen LogP contribution >= 0.6 is 23.2 Å². The van der Waals surface area contributed by atoms with Gasteiger partial charge in [-0.3, -0.25) is 0 Å². The zero-order chi connectivity index (χ0) is 22.0. The largest absolute Gasteiger partial charge is 0.506 e. The van der Waals surface area contributed by atoms with Gasteiger partial charge in [0.05, 0.1) is 14.2 Å². The summed E-state index contributed by atoms with van der Waals surface area (Å²) in [7, 11) is 2.18. The van der Waals surface area contributed by atoms with Crippen molar-refractivity contribution in [3.63, 3.8) is 0 Å². The van der Waals surface area contributed by atoms with Crippen molar-refractivity contribution >= 4 is 35.1 Å². The van der Waals surface area contributed by atoms with Crippen molar-refractivity contribution in [3.05, 3.63) is 69.7 Å². The van der Waals surface area contributed by atoms with E-state index >= 15 is 0 Å². The van der Waals surface area contributed by atoms with Crippen LogP contribution in [0.4, 0.5) is 0 Å². The Hall–Kier alpha value is -3.22. The van der Waals surface area contributed by atoms with Crippen LogP contribution in [0.1, 0.15) is 20.7 Å². The molecule has 0 aliphatic carbocycles. The van der Waals surface area contributed by atoms with Crippen LogP contribution in [-0.2, 0) is 9.47 Å². The minimum absolute atomic E-state index is 0.111. The van der Waals surface area contributed by atoms with Gasteiger partial charge in [-0.15, -0.1) is 0 Å². The molecular weight excluding hydrogens is 431 g/mol. The summed E-state index contributed by atoms with van der Waals surface area (Å²) in [5.41, 5.74) is 0.0885. The van der Waals surface area contributed by atoms with E-state index in [1.54, 1.807) is 48.5 Å². The number of carbonyl (C=O) groups excluding carboxylic acids is 2. The topological polar surface area (TPSA) is 93.1 Å². The molecule has 154 valence electrons. The van der Waals surface area contributed by atoms with Crippen LogP contribution in [0.3, 0.4) is 0 Å². The number of esters is 2. The maximum atomic E-state index is 12.4. The third-order valence-corrected chi connectivity index (χ3v) is 5.00. The second-order valence-electron chi connectivity index (χ2n) is 6.19. The summed E-state index contributed by atoms with van der Waals surface area (Å²) < 4.78 is 9.44. The van der Waals surface area contributed by atoms with Crippen LogP contribution in [0.2, 0.25) is 10.0 Å². The number of ether oxygens (including phenoxy) is 2. The summed E-state index contributed by atoms with van der Waals surface area (Å²) in [4.78, 5) is 24.8. The Morgan fingerprint density at radius 1 is 0.667 bits per heavy atom. The number of hydrogen-bond acceptors (Lipinski definition) is 6. The SMILES string of the molecule is COC(=O)c1c(O)c(-c2ccc(Cl)cc2)c(-c2ccc(Cl)cc2)c(O)c1C(=O)OC. The van der Waals surface area contributed by atoms with Crippen molar-refractivity contribution in [2.24, 2.45) is 0 Å². The van der Waals surface area contributed by atoms with E-state index in [4.69, 9.17) is 32.7 Å². The standard InChI is InChI=1S/C22H16Cl2O6/c1-29-21(27)17-18(22(28)30-2)20(26)16(12-5-9-14(24)10-6-12)15(19(17)25)11-3-7-13(23)8-4-11/h3-10,25-26H,1-2H3. The Morgan fingerprint density at radius 2 is 0.967 bits per heavy atom. The molecular formula is C22H16Cl2O6. The Morgan fingerprint density at radius 3 is 1.23 bits per heavy atom. The lowest BCUT2D eigenvalue weighted by atomic mass is 9.87. The molecule has 0 heterocycles. The highest BCUT2D eigenvalue weighted by atomic mass is 35.5. The van der Waals surface area contributed by atoms with Gasteiger partial charge in [0.1, 0.15) is 22.6 Å². The van der Waals surface area contributed by atoms with Crippen LogP contribution in [0.25, 0.3) is 22.3 Å². The first-order valence-electron chi connectivity index (χ1n) is 8.60. The fraction of sp³-hybridized carbons (Fsp3) is 0.0909. The third kappa shape index (κ3) is 3.79. The van der Waals surface area contributed by atoms with E-state index in [0.717, 1.165) is 14.2 Å². The molecule has 0 radical (unpaired) electrons. The van der Waals surface area contributed by atoms with Crippen molar-refractivity contribution in [1.82, 2.24) is 0 Å². The van der Waals surface area contributed by atoms with Gasteiger partial charge in [-0.05, 0) is 35.4 Å². The van der Waals surface area contributed by atoms with E-state index in [-0.39, 0.29) is 11.1 Å². The van der Waals surface area contributed by atoms with Crippen LogP contribution in [-0.4, -0.2) is 36.4 Å². The van der Waals surface area contributed by atoms with Gasteiger partial charge >= 0.3 is 11.9 Å². The number of phenolic OH excluding ortho intramolecular Hbond substituents is 2. The van der Waals surface area contributed by atoms with E-state index in [0.29, 0.717) is 21.2 Å². The first kappa shape index (κ1) is 21.5. The maximum Gasteiger partial charge on any atom is 0.342 e. The summed E-state index contributed by atoms with van der Waals surface area (Å²) >= 11 is 11.9. The molecule has 0 aliphatic heterocycles. The zero-order valence-corrected chi connectivity index (χ0v) is 17.4. The number of rotatable bonds is 4. The van der Waals surface area contributed by atoms with Crippen LogP contribution in [0.15, 0.2) is 48.5 Å². The summed E-state index contributed by atoms with van der Waals surface area (Å²) in [5, 5.41) is 23.1. The summed E-state index contributed by atoms with van der Waals surface area (Å²) in [6.45, 7) is 0. The van der Waals surface area contributed by atoms with Crippen molar-refractivity contribution in [2.75, 3.05) is 14.2 Å². The van der Waals surface area contributed by atoms with Crippen molar-refractivity contribution in [1.29, 1.82) is 0 Å². The van der Waals surface area contributed by atoms with Crippen molar-refractivity contribution in [2.45, 2.75) is 0 Å². The molecule has 3 aromatic carbocycles. The lowest BCUT2D eigenvalue weighted by molar-refractivity contribution is 0.0549. The van der Waals surface area contributed by atoms with Crippen molar-refractivity contribution in [3.8, 4) is 33.8 Å². The summed E-state index contributed by atoms with van der Waals surface area (Å²) in [6.07, 6.45) is 0. The average molecular weight is 447 g/mol. The number of hydrogen-bond donors (Lipinski definition) is 2. The number of benzene rings is 3. The van der Waals surface area contributed by atoms with E-state index in [9.17, 15) is 19.8 Å². The van der Waals surface area contributed by atoms with E-state index in [2.05, 4.69) is 0 Å². The van der Waals surface area contributed by atoms with Gasteiger partial charge in [0.15, 0.2) is 0 Å². The first-order chi connectivity index (χ1) is 14.3. The molecule has 0 unspecified atom stereocenters. The molecule has 0 aromatic heterocycles. The second-order valence-corrected chi connectivity index (χ2v) is 7.07. The molecule has 2 N–H and O–H groups in total. The quantitative estimate of drug-likeness (QED) is 0.416. The fourth-order valence-corrected chi connectivity index (χ4v) is 3.37. The minimum Gasteiger partial charge on any atom is -0.506 e. The van der Waals surface area contributed by atoms with Crippen LogP contribution in [0, 0.1) is 0 Å². The fourth-order valence-electron chi connectivity index (χ4n) is 3.12. The van der Waals surface area contributed by atoms with Gasteiger partial charge in [-0.1, -0.05) is 47.5 Å². The van der Waals surface area contributed by atoms with Gasteiger partial charge < -0.3 is 19.7 Å². The van der Waals surface area contributed by atoms with Crippen molar-refractivity contribution < 1.29 is 29.3 Å². The monoisotopic (exact) mass is 446 g/mol. The highest BCUT2D eigenvalue weighted by Gasteiger charge is 2.33. The van der Waals surface area contributed by atoms with Gasteiger partial charge in [0, 0.05) is 21.2 Å². The zero-order valence-electron chi connectivity index (χ0n) is 15.9. The minimum atomic E-state index is -1.01. The highest BCUT2D eigenvalue weighted by Crippen LogP contribution is 2.49. The summed E-state index contributed by atoms with van der Waals surface area (Å²) in [5.74, 6) is -3.12. The Labute approximate surface area is 182 Å². The molecule has 3 rings (SSSR count). The molecule has 6 nitrogen and oxygen atoms in total. The molecule has 0 saturated heterocycles. The predicted molar refractivity (Wildman–Crippen MR) is 113 cm³/mol. The number of carbonyl (C=O) groups is 2. The normalized spacial score (nSPS) is 10.5. The Bertz CT molecular complexity index is 1030. The molecule has 0 bridgehead atoms. The lowest BCUT2D eigenvalue weighted by Gasteiger charge is -2.20. The van der Waals surface area contributed by atoms with E-state index in [1.165, 1.54) is 0 Å². The van der Waals surface area contributed by atoms with E-state index in [1.807, 2.05) is 0 Å². The molecule has 8 heteroatoms. The predicted octanol–water partition coefficient (Wildman–Crippen LogP) is 5.31. The summed E-state index contributed by atoms with van der Waals surface area (Å²) in [6, 6.07) is 12.8. The maximum absolute atomic E-state index is 12.4. The molecule has 0 aliphatic rings. The first-order valence-corrected chi connectivity index (χ1v) is 9.36. The lowest BCUT2D eigenvalue weighted by Crippen LogP contribution is -2.14. The molecule has 30 heavy (non-hydrogen) atoms. The highest BCUT2D eigenvalue weighted by molar-refractivity contribution is 6.31. The molecule has 0 fully saturated rings. The van der Waals surface area contributed by atoms with Gasteiger partial charge in [0.2, 0.25) is 0 Å². The molecule has 3 aromatic rings. The third-order valence-electron chi connectivity index (χ3n) is 4.49. The Balaban J connectivity index is 2.51. The van der Waals surface area contributed by atoms with Crippen LogP contribution < -0.4 is 0 Å². The second kappa shape index (κ2) is 8.65. The van der Waals surface area contributed by atoms with Gasteiger partial charge in [-0.25, -0.2) is 9.59 Å². The molecule has 0 amide bonds. The smallest absolute Gasteiger partial charge is 0.342 e. The molecule has 0 atom stereocenters. The number of methoxy groups -OCH3 is 2.